The lowest BCUT2D eigenvalue weighted by molar-refractivity contribution is -0.125. The van der Waals surface area contributed by atoms with Gasteiger partial charge in [-0.3, -0.25) is 9.59 Å². The van der Waals surface area contributed by atoms with Crippen LogP contribution in [0, 0.1) is 5.92 Å². The van der Waals surface area contributed by atoms with Gasteiger partial charge in [0.15, 0.2) is 0 Å². The molecule has 1 atom stereocenters. The number of aromatic nitrogens is 2. The van der Waals surface area contributed by atoms with Crippen LogP contribution in [-0.2, 0) is 24.2 Å². The second-order valence-electron chi connectivity index (χ2n) is 7.55. The zero-order valence-corrected chi connectivity index (χ0v) is 17.0. The third-order valence-electron chi connectivity index (χ3n) is 5.62. The zero-order chi connectivity index (χ0) is 20.9. The van der Waals surface area contributed by atoms with Crippen molar-refractivity contribution >= 4 is 5.91 Å². The quantitative estimate of drug-likeness (QED) is 0.641. The highest BCUT2D eigenvalue weighted by molar-refractivity contribution is 5.78. The Kier molecular flexibility index (Phi) is 5.93. The van der Waals surface area contributed by atoms with Crippen molar-refractivity contribution < 1.29 is 9.53 Å². The summed E-state index contributed by atoms with van der Waals surface area (Å²) in [5, 5.41) is 3.03. The molecule has 6 heteroatoms. The van der Waals surface area contributed by atoms with Gasteiger partial charge in [0.05, 0.1) is 12.8 Å². The average molecular weight is 403 g/mol. The first-order valence-electron chi connectivity index (χ1n) is 10.2. The van der Waals surface area contributed by atoms with Gasteiger partial charge in [-0.05, 0) is 43.4 Å². The Morgan fingerprint density at radius 1 is 1.10 bits per heavy atom. The molecule has 0 radical (unpaired) electrons. The molecule has 0 fully saturated rings. The molecular weight excluding hydrogens is 378 g/mol. The number of hydrogen-bond acceptors (Lipinski definition) is 4. The Labute approximate surface area is 175 Å². The number of benzene rings is 2. The first-order chi connectivity index (χ1) is 14.6. The fourth-order valence-electron chi connectivity index (χ4n) is 3.85. The van der Waals surface area contributed by atoms with Crippen molar-refractivity contribution in [1.82, 2.24) is 15.3 Å². The van der Waals surface area contributed by atoms with Crippen molar-refractivity contribution in [3.63, 3.8) is 0 Å². The molecule has 4 rings (SSSR count). The lowest BCUT2D eigenvalue weighted by Gasteiger charge is -2.14. The summed E-state index contributed by atoms with van der Waals surface area (Å²) in [6.07, 6.45) is 2.52. The Balaban J connectivity index is 1.42. The summed E-state index contributed by atoms with van der Waals surface area (Å²) in [6, 6.07) is 17.3. The van der Waals surface area contributed by atoms with Crippen LogP contribution in [0.1, 0.15) is 29.7 Å². The third-order valence-corrected chi connectivity index (χ3v) is 5.62. The number of nitrogens with zero attached hydrogens (tertiary/aromatic N) is 1. The molecule has 0 saturated heterocycles. The smallest absolute Gasteiger partial charge is 0.254 e. The number of fused-ring (bicyclic) bond motifs is 1. The van der Waals surface area contributed by atoms with Crippen LogP contribution in [0.15, 0.2) is 59.4 Å². The maximum absolute atomic E-state index is 12.7. The molecule has 0 spiro atoms. The second-order valence-corrected chi connectivity index (χ2v) is 7.55. The number of hydrogen-bond donors (Lipinski definition) is 2. The van der Waals surface area contributed by atoms with Gasteiger partial charge in [0.25, 0.3) is 5.56 Å². The number of amides is 1. The molecule has 2 N–H and O–H groups in total. The first kappa shape index (κ1) is 19.9. The molecule has 6 nitrogen and oxygen atoms in total. The molecule has 1 aromatic heterocycles. The summed E-state index contributed by atoms with van der Waals surface area (Å²) in [7, 11) is 1.63. The Hall–Kier alpha value is -3.41. The molecule has 0 saturated carbocycles. The van der Waals surface area contributed by atoms with Gasteiger partial charge < -0.3 is 15.0 Å². The van der Waals surface area contributed by atoms with Crippen LogP contribution >= 0.6 is 0 Å². The zero-order valence-electron chi connectivity index (χ0n) is 17.0. The van der Waals surface area contributed by atoms with Gasteiger partial charge in [-0.1, -0.05) is 42.5 Å². The number of rotatable bonds is 5. The molecule has 1 aliphatic rings. The molecule has 154 valence electrons. The van der Waals surface area contributed by atoms with Gasteiger partial charge in [-0.15, -0.1) is 0 Å². The number of H-pyrrole nitrogens is 1. The Morgan fingerprint density at radius 3 is 2.57 bits per heavy atom. The van der Waals surface area contributed by atoms with Crippen LogP contribution in [-0.4, -0.2) is 23.0 Å². The van der Waals surface area contributed by atoms with E-state index in [1.165, 1.54) is 0 Å². The van der Waals surface area contributed by atoms with Crippen LogP contribution in [0.2, 0.25) is 0 Å². The van der Waals surface area contributed by atoms with Gasteiger partial charge in [-0.25, -0.2) is 4.98 Å². The lowest BCUT2D eigenvalue weighted by Crippen LogP contribution is -2.30. The van der Waals surface area contributed by atoms with Crippen LogP contribution in [0.25, 0.3) is 11.4 Å². The van der Waals surface area contributed by atoms with Crippen molar-refractivity contribution in [1.29, 1.82) is 0 Å². The number of methoxy groups -OCH3 is 1. The Bertz CT molecular complexity index is 1080. The molecule has 0 aliphatic heterocycles. The van der Waals surface area contributed by atoms with Crippen molar-refractivity contribution in [2.45, 2.75) is 32.2 Å². The molecule has 1 heterocycles. The van der Waals surface area contributed by atoms with Crippen molar-refractivity contribution in [3.8, 4) is 17.1 Å². The van der Waals surface area contributed by atoms with E-state index in [0.29, 0.717) is 43.6 Å². The topological polar surface area (TPSA) is 84.1 Å². The van der Waals surface area contributed by atoms with Gasteiger partial charge in [0.1, 0.15) is 11.6 Å². The highest BCUT2D eigenvalue weighted by atomic mass is 16.5. The van der Waals surface area contributed by atoms with Gasteiger partial charge in [0, 0.05) is 23.6 Å². The fourth-order valence-corrected chi connectivity index (χ4v) is 3.85. The normalized spacial score (nSPS) is 15.7. The average Bonchev–Trinajstić information content (AvgIpc) is 3.01. The fraction of sp³-hybridized carbons (Fsp3) is 0.292. The minimum Gasteiger partial charge on any atom is -0.497 e. The summed E-state index contributed by atoms with van der Waals surface area (Å²) in [5.41, 5.74) is 3.32. The van der Waals surface area contributed by atoms with E-state index in [0.717, 1.165) is 22.6 Å². The van der Waals surface area contributed by atoms with E-state index in [1.54, 1.807) is 7.11 Å². The minimum absolute atomic E-state index is 0.0262. The minimum atomic E-state index is -0.128. The van der Waals surface area contributed by atoms with E-state index in [-0.39, 0.29) is 17.4 Å². The second kappa shape index (κ2) is 8.95. The molecule has 1 unspecified atom stereocenters. The molecular formula is C24H25N3O3. The van der Waals surface area contributed by atoms with Crippen LogP contribution in [0.3, 0.4) is 0 Å². The maximum Gasteiger partial charge on any atom is 0.254 e. The number of carbonyl (C=O) groups is 1. The molecule has 30 heavy (non-hydrogen) atoms. The largest absolute Gasteiger partial charge is 0.497 e. The van der Waals surface area contributed by atoms with E-state index in [9.17, 15) is 9.59 Å². The van der Waals surface area contributed by atoms with E-state index in [1.807, 2.05) is 54.6 Å². The number of aryl methyl sites for hydroxylation is 1. The van der Waals surface area contributed by atoms with Crippen LogP contribution in [0.5, 0.6) is 5.75 Å². The predicted molar refractivity (Wildman–Crippen MR) is 115 cm³/mol. The number of carbonyl (C=O) groups excluding carboxylic acids is 1. The van der Waals surface area contributed by atoms with Gasteiger partial charge in [-0.2, -0.15) is 0 Å². The van der Waals surface area contributed by atoms with Gasteiger partial charge in [0.2, 0.25) is 5.91 Å². The van der Waals surface area contributed by atoms with Crippen LogP contribution < -0.4 is 15.6 Å². The van der Waals surface area contributed by atoms with Crippen molar-refractivity contribution in [3.05, 3.63) is 81.8 Å². The van der Waals surface area contributed by atoms with Crippen molar-refractivity contribution in [2.24, 2.45) is 5.92 Å². The molecule has 3 aromatic rings. The highest BCUT2D eigenvalue weighted by Gasteiger charge is 2.25. The SMILES string of the molecule is COc1ccc(CNC(=O)C2CCc3nc(-c4ccccc4)[nH]c(=O)c3CC2)cc1. The Morgan fingerprint density at radius 2 is 1.83 bits per heavy atom. The summed E-state index contributed by atoms with van der Waals surface area (Å²) >= 11 is 0. The van der Waals surface area contributed by atoms with E-state index < -0.39 is 0 Å². The van der Waals surface area contributed by atoms with Crippen LogP contribution in [0.4, 0.5) is 0 Å². The van der Waals surface area contributed by atoms with Crippen molar-refractivity contribution in [2.75, 3.05) is 7.11 Å². The third kappa shape index (κ3) is 4.43. The van der Waals surface area contributed by atoms with E-state index in [2.05, 4.69) is 10.3 Å². The molecule has 2 aromatic carbocycles. The van der Waals surface area contributed by atoms with E-state index >= 15 is 0 Å². The number of aromatic amines is 1. The molecule has 0 bridgehead atoms. The van der Waals surface area contributed by atoms with Gasteiger partial charge >= 0.3 is 0 Å². The number of ether oxygens (including phenoxy) is 1. The monoisotopic (exact) mass is 403 g/mol. The summed E-state index contributed by atoms with van der Waals surface area (Å²) in [5.74, 6) is 1.27. The first-order valence-corrected chi connectivity index (χ1v) is 10.2. The highest BCUT2D eigenvalue weighted by Crippen LogP contribution is 2.24. The molecule has 1 aliphatic carbocycles. The maximum atomic E-state index is 12.7. The summed E-state index contributed by atoms with van der Waals surface area (Å²) in [6.45, 7) is 0.475. The standard InChI is InChI=1S/C24H25N3O3/c1-30-19-11-7-16(8-12-19)15-25-23(28)18-9-13-20-21(14-10-18)26-22(27-24(20)29)17-5-3-2-4-6-17/h2-8,11-12,18H,9-10,13-15H2,1H3,(H,25,28)(H,26,27,29). The predicted octanol–water partition coefficient (Wildman–Crippen LogP) is 3.26. The summed E-state index contributed by atoms with van der Waals surface area (Å²) < 4.78 is 5.16. The molecule has 1 amide bonds. The van der Waals surface area contributed by atoms with E-state index in [4.69, 9.17) is 9.72 Å². The summed E-state index contributed by atoms with van der Waals surface area (Å²) in [4.78, 5) is 33.0. The number of nitrogens with one attached hydrogen (secondary N) is 2. The lowest BCUT2D eigenvalue weighted by atomic mass is 9.98.